The number of para-hydroxylation sites is 1. The first-order valence-corrected chi connectivity index (χ1v) is 8.79. The number of nitrogens with zero attached hydrogens (tertiary/aromatic N) is 2. The zero-order chi connectivity index (χ0) is 15.9. The molecule has 1 heterocycles. The van der Waals surface area contributed by atoms with Gasteiger partial charge in [-0.15, -0.1) is 11.3 Å². The number of hydrogen-bond donors (Lipinski definition) is 1. The number of carbonyl (C=O) groups is 1. The van der Waals surface area contributed by atoms with Crippen molar-refractivity contribution in [3.8, 4) is 0 Å². The molecule has 2 aromatic rings. The van der Waals surface area contributed by atoms with E-state index in [1.165, 1.54) is 4.70 Å². The van der Waals surface area contributed by atoms with E-state index in [0.29, 0.717) is 6.54 Å². The van der Waals surface area contributed by atoms with Crippen molar-refractivity contribution < 1.29 is 4.79 Å². The Morgan fingerprint density at radius 3 is 2.82 bits per heavy atom. The Kier molecular flexibility index (Phi) is 6.34. The van der Waals surface area contributed by atoms with Gasteiger partial charge in [0.1, 0.15) is 0 Å². The number of likely N-dealkylation sites (N-methyl/N-ethyl adjacent to an activating group) is 1. The van der Waals surface area contributed by atoms with Crippen molar-refractivity contribution in [1.82, 2.24) is 15.2 Å². The molecule has 0 aliphatic carbocycles. The van der Waals surface area contributed by atoms with Crippen LogP contribution in [-0.4, -0.2) is 42.0 Å². The van der Waals surface area contributed by atoms with Gasteiger partial charge in [0.15, 0.2) is 0 Å². The summed E-state index contributed by atoms with van der Waals surface area (Å²) in [5, 5.41) is 4.20. The first-order valence-electron chi connectivity index (χ1n) is 7.98. The first-order chi connectivity index (χ1) is 10.7. The molecule has 4 nitrogen and oxygen atoms in total. The third kappa shape index (κ3) is 4.27. The predicted octanol–water partition coefficient (Wildman–Crippen LogP) is 3.08. The van der Waals surface area contributed by atoms with Crippen LogP contribution in [0, 0.1) is 0 Å². The van der Waals surface area contributed by atoms with Crippen LogP contribution in [0.2, 0.25) is 0 Å². The minimum absolute atomic E-state index is 0.0209. The van der Waals surface area contributed by atoms with Crippen molar-refractivity contribution in [3.63, 3.8) is 0 Å². The second-order valence-corrected chi connectivity index (χ2v) is 6.58. The molecule has 1 amide bonds. The smallest absolute Gasteiger partial charge is 0.237 e. The molecule has 0 saturated carbocycles. The van der Waals surface area contributed by atoms with E-state index in [4.69, 9.17) is 0 Å². The molecule has 0 saturated heterocycles. The fourth-order valence-electron chi connectivity index (χ4n) is 2.51. The number of hydrogen-bond acceptors (Lipinski definition) is 4. The fraction of sp³-hybridized carbons (Fsp3) is 0.529. The highest BCUT2D eigenvalue weighted by Gasteiger charge is 2.19. The topological polar surface area (TPSA) is 45.2 Å². The maximum Gasteiger partial charge on any atom is 0.237 e. The molecular formula is C17H25N3OS. The zero-order valence-corrected chi connectivity index (χ0v) is 14.4. The quantitative estimate of drug-likeness (QED) is 0.761. The molecule has 0 bridgehead atoms. The Bertz CT molecular complexity index is 578. The summed E-state index contributed by atoms with van der Waals surface area (Å²) in [5.74, 6) is 0.135. The van der Waals surface area contributed by atoms with Gasteiger partial charge in [0.05, 0.1) is 21.3 Å². The van der Waals surface area contributed by atoms with E-state index in [-0.39, 0.29) is 11.9 Å². The summed E-state index contributed by atoms with van der Waals surface area (Å²) in [6.07, 6.45) is 2.69. The van der Waals surface area contributed by atoms with Gasteiger partial charge in [-0.3, -0.25) is 9.69 Å². The second-order valence-electron chi connectivity index (χ2n) is 5.47. The molecule has 22 heavy (non-hydrogen) atoms. The van der Waals surface area contributed by atoms with Crippen molar-refractivity contribution in [2.24, 2.45) is 0 Å². The summed E-state index contributed by atoms with van der Waals surface area (Å²) in [7, 11) is 1.99. The van der Waals surface area contributed by atoms with Crippen molar-refractivity contribution >= 4 is 27.5 Å². The molecule has 2 rings (SSSR count). The van der Waals surface area contributed by atoms with E-state index in [0.717, 1.165) is 36.3 Å². The zero-order valence-electron chi connectivity index (χ0n) is 13.6. The predicted molar refractivity (Wildman–Crippen MR) is 93.3 cm³/mol. The molecule has 1 unspecified atom stereocenters. The molecule has 1 N–H and O–H groups in total. The van der Waals surface area contributed by atoms with Crippen molar-refractivity contribution in [2.45, 2.75) is 39.2 Å². The first kappa shape index (κ1) is 16.9. The van der Waals surface area contributed by atoms with Crippen LogP contribution in [-0.2, 0) is 11.2 Å². The lowest BCUT2D eigenvalue weighted by molar-refractivity contribution is -0.126. The lowest BCUT2D eigenvalue weighted by atomic mass is 10.2. The highest BCUT2D eigenvalue weighted by Crippen LogP contribution is 2.22. The Morgan fingerprint density at radius 1 is 1.36 bits per heavy atom. The Labute approximate surface area is 136 Å². The van der Waals surface area contributed by atoms with Crippen molar-refractivity contribution in [3.05, 3.63) is 29.3 Å². The van der Waals surface area contributed by atoms with Crippen LogP contribution in [0.3, 0.4) is 0 Å². The second kappa shape index (κ2) is 8.25. The number of amides is 1. The van der Waals surface area contributed by atoms with Gasteiger partial charge in [0.2, 0.25) is 5.91 Å². The largest absolute Gasteiger partial charge is 0.355 e. The van der Waals surface area contributed by atoms with Crippen molar-refractivity contribution in [2.75, 3.05) is 20.1 Å². The molecule has 0 aliphatic rings. The Balaban J connectivity index is 1.77. The average Bonchev–Trinajstić information content (AvgIpc) is 2.94. The van der Waals surface area contributed by atoms with E-state index >= 15 is 0 Å². The third-order valence-corrected chi connectivity index (χ3v) is 5.02. The molecule has 0 fully saturated rings. The summed E-state index contributed by atoms with van der Waals surface area (Å²) >= 11 is 1.74. The standard InChI is InChI=1S/C17H25N3OS/c1-4-14(20(3)5-2)17(21)18-12-8-11-16-19-13-9-6-7-10-15(13)22-16/h6-7,9-10,14H,4-5,8,11-12H2,1-3H3,(H,18,21). The summed E-state index contributed by atoms with van der Waals surface area (Å²) in [5.41, 5.74) is 1.07. The summed E-state index contributed by atoms with van der Waals surface area (Å²) in [6.45, 7) is 5.72. The van der Waals surface area contributed by atoms with Gasteiger partial charge in [-0.2, -0.15) is 0 Å². The van der Waals surface area contributed by atoms with Gasteiger partial charge >= 0.3 is 0 Å². The van der Waals surface area contributed by atoms with Gasteiger partial charge in [-0.25, -0.2) is 4.98 Å². The molecule has 120 valence electrons. The Hall–Kier alpha value is -1.46. The molecule has 0 aliphatic heterocycles. The van der Waals surface area contributed by atoms with Crippen LogP contribution >= 0.6 is 11.3 Å². The highest BCUT2D eigenvalue weighted by molar-refractivity contribution is 7.18. The summed E-state index contributed by atoms with van der Waals surface area (Å²) in [6, 6.07) is 8.18. The number of aromatic nitrogens is 1. The maximum atomic E-state index is 12.2. The van der Waals surface area contributed by atoms with E-state index < -0.39 is 0 Å². The van der Waals surface area contributed by atoms with Crippen molar-refractivity contribution in [1.29, 1.82) is 0 Å². The third-order valence-electron chi connectivity index (χ3n) is 3.93. The van der Waals surface area contributed by atoms with Crippen LogP contribution in [0.4, 0.5) is 0 Å². The average molecular weight is 319 g/mol. The van der Waals surface area contributed by atoms with Crippen LogP contribution in [0.25, 0.3) is 10.2 Å². The van der Waals surface area contributed by atoms with Gasteiger partial charge in [0, 0.05) is 13.0 Å². The van der Waals surface area contributed by atoms with Crippen LogP contribution in [0.1, 0.15) is 31.7 Å². The lowest BCUT2D eigenvalue weighted by Crippen LogP contribution is -2.45. The number of carbonyl (C=O) groups excluding carboxylic acids is 1. The number of benzene rings is 1. The fourth-order valence-corrected chi connectivity index (χ4v) is 3.52. The van der Waals surface area contributed by atoms with Crippen LogP contribution in [0.15, 0.2) is 24.3 Å². The molecule has 1 aromatic carbocycles. The van der Waals surface area contributed by atoms with Gasteiger partial charge in [0.25, 0.3) is 0 Å². The van der Waals surface area contributed by atoms with Gasteiger partial charge in [-0.05, 0) is 38.6 Å². The maximum absolute atomic E-state index is 12.2. The number of aryl methyl sites for hydroxylation is 1. The monoisotopic (exact) mass is 319 g/mol. The molecule has 0 radical (unpaired) electrons. The normalized spacial score (nSPS) is 12.7. The molecule has 5 heteroatoms. The minimum Gasteiger partial charge on any atom is -0.355 e. The highest BCUT2D eigenvalue weighted by atomic mass is 32.1. The van der Waals surface area contributed by atoms with Crippen LogP contribution in [0.5, 0.6) is 0 Å². The van der Waals surface area contributed by atoms with Crippen LogP contribution < -0.4 is 5.32 Å². The molecule has 1 aromatic heterocycles. The van der Waals surface area contributed by atoms with E-state index in [2.05, 4.69) is 35.1 Å². The summed E-state index contributed by atoms with van der Waals surface area (Å²) < 4.78 is 1.23. The number of fused-ring (bicyclic) bond motifs is 1. The lowest BCUT2D eigenvalue weighted by Gasteiger charge is -2.24. The van der Waals surface area contributed by atoms with E-state index in [9.17, 15) is 4.79 Å². The number of nitrogens with one attached hydrogen (secondary N) is 1. The number of rotatable bonds is 8. The SMILES string of the molecule is CCC(C(=O)NCCCc1nc2ccccc2s1)N(C)CC. The van der Waals surface area contributed by atoms with E-state index in [1.54, 1.807) is 11.3 Å². The van der Waals surface area contributed by atoms with Gasteiger partial charge in [-0.1, -0.05) is 26.0 Å². The Morgan fingerprint density at radius 2 is 2.14 bits per heavy atom. The molecule has 0 spiro atoms. The van der Waals surface area contributed by atoms with E-state index in [1.807, 2.05) is 25.2 Å². The minimum atomic E-state index is -0.0209. The molecular weight excluding hydrogens is 294 g/mol. The number of thiazole rings is 1. The summed E-state index contributed by atoms with van der Waals surface area (Å²) in [4.78, 5) is 18.9. The van der Waals surface area contributed by atoms with Gasteiger partial charge < -0.3 is 5.32 Å². The molecule has 1 atom stereocenters.